The topological polar surface area (TPSA) is 66.0 Å². The maximum Gasteiger partial charge on any atom is 0.407 e. The van der Waals surface area contributed by atoms with Crippen LogP contribution in [0.1, 0.15) is 71.4 Å². The van der Waals surface area contributed by atoms with Gasteiger partial charge in [0.15, 0.2) is 16.6 Å². The van der Waals surface area contributed by atoms with Crippen LogP contribution >= 0.6 is 0 Å². The van der Waals surface area contributed by atoms with Gasteiger partial charge in [0.2, 0.25) is 0 Å². The Kier molecular flexibility index (Phi) is 9.85. The first-order valence-corrected chi connectivity index (χ1v) is 21.4. The third-order valence-corrected chi connectivity index (χ3v) is 19.0. The molecule has 1 N–H and O–H groups in total. The summed E-state index contributed by atoms with van der Waals surface area (Å²) in [6, 6.07) is 16.8. The van der Waals surface area contributed by atoms with Gasteiger partial charge in [0.25, 0.3) is 0 Å². The van der Waals surface area contributed by atoms with Gasteiger partial charge in [-0.15, -0.1) is 0 Å². The number of nitrogens with one attached hydrogen (secondary N) is 1. The number of carbonyl (C=O) groups excluding carboxylic acids is 1. The summed E-state index contributed by atoms with van der Waals surface area (Å²) in [4.78, 5) is 12.9. The number of hydrogen-bond acceptors (Lipinski definition) is 5. The van der Waals surface area contributed by atoms with Crippen LogP contribution < -0.4 is 5.32 Å². The predicted octanol–water partition coefficient (Wildman–Crippen LogP) is 8.48. The molecule has 3 atom stereocenters. The second kappa shape index (κ2) is 12.6. The SMILES string of the molecule is CC(C)(C)[Si](C)(C)OC[C@H]1OC(CNC(=O)OCC2c3ccccc3-c3ccccc32)CC[C@@H]1O[Si](C)(C)C(C)(C)C. The normalized spacial score (nSPS) is 21.5. The molecule has 1 amide bonds. The predicted molar refractivity (Wildman–Crippen MR) is 176 cm³/mol. The summed E-state index contributed by atoms with van der Waals surface area (Å²) in [5, 5.41) is 3.20. The summed E-state index contributed by atoms with van der Waals surface area (Å²) in [6.45, 7) is 23.9. The van der Waals surface area contributed by atoms with Crippen molar-refractivity contribution in [2.45, 2.75) is 115 Å². The summed E-state index contributed by atoms with van der Waals surface area (Å²) in [7, 11) is -3.95. The van der Waals surface area contributed by atoms with Gasteiger partial charge < -0.3 is 23.6 Å². The summed E-state index contributed by atoms with van der Waals surface area (Å²) in [6.07, 6.45) is 0.999. The van der Waals surface area contributed by atoms with E-state index in [4.69, 9.17) is 18.3 Å². The number of hydrogen-bond donors (Lipinski definition) is 1. The smallest absolute Gasteiger partial charge is 0.407 e. The van der Waals surface area contributed by atoms with Crippen LogP contribution in [-0.4, -0.2) is 60.8 Å². The minimum Gasteiger partial charge on any atom is -0.449 e. The highest BCUT2D eigenvalue weighted by Gasteiger charge is 2.44. The first-order chi connectivity index (χ1) is 19.5. The van der Waals surface area contributed by atoms with Crippen LogP contribution in [0.2, 0.25) is 36.3 Å². The zero-order chi connectivity index (χ0) is 30.9. The third kappa shape index (κ3) is 7.38. The molecule has 0 saturated carbocycles. The molecule has 0 aromatic heterocycles. The highest BCUT2D eigenvalue weighted by Crippen LogP contribution is 2.45. The van der Waals surface area contributed by atoms with Crippen LogP contribution in [-0.2, 0) is 18.3 Å². The van der Waals surface area contributed by atoms with E-state index in [2.05, 4.69) is 109 Å². The largest absolute Gasteiger partial charge is 0.449 e. The molecule has 6 nitrogen and oxygen atoms in total. The Hall–Kier alpha value is -1.98. The summed E-state index contributed by atoms with van der Waals surface area (Å²) >= 11 is 0. The Morgan fingerprint density at radius 3 is 1.93 bits per heavy atom. The van der Waals surface area contributed by atoms with Gasteiger partial charge in [0.05, 0.1) is 18.8 Å². The van der Waals surface area contributed by atoms with Gasteiger partial charge in [-0.1, -0.05) is 90.1 Å². The molecule has 1 aliphatic heterocycles. The molecule has 0 radical (unpaired) electrons. The molecule has 2 aliphatic rings. The minimum atomic E-state index is -1.99. The molecule has 1 saturated heterocycles. The van der Waals surface area contributed by atoms with Gasteiger partial charge in [-0.05, 0) is 71.4 Å². The van der Waals surface area contributed by atoms with Crippen LogP contribution in [0.5, 0.6) is 0 Å². The van der Waals surface area contributed by atoms with Gasteiger partial charge in [-0.2, -0.15) is 0 Å². The van der Waals surface area contributed by atoms with E-state index in [9.17, 15) is 4.79 Å². The minimum absolute atomic E-state index is 0.0126. The van der Waals surface area contributed by atoms with E-state index in [0.717, 1.165) is 12.8 Å². The maximum atomic E-state index is 12.9. The molecule has 8 heteroatoms. The van der Waals surface area contributed by atoms with Crippen molar-refractivity contribution < 1.29 is 23.1 Å². The van der Waals surface area contributed by atoms with Crippen LogP contribution in [0, 0.1) is 0 Å². The number of carbonyl (C=O) groups is 1. The fourth-order valence-electron chi connectivity index (χ4n) is 5.28. The molecule has 1 fully saturated rings. The van der Waals surface area contributed by atoms with Crippen molar-refractivity contribution in [2.75, 3.05) is 19.8 Å². The van der Waals surface area contributed by atoms with Gasteiger partial charge in [0.1, 0.15) is 12.7 Å². The molecule has 2 aromatic carbocycles. The van der Waals surface area contributed by atoms with E-state index in [0.29, 0.717) is 19.8 Å². The average Bonchev–Trinajstić information content (AvgIpc) is 3.22. The van der Waals surface area contributed by atoms with Gasteiger partial charge in [-0.25, -0.2) is 4.79 Å². The molecule has 1 unspecified atom stereocenters. The van der Waals surface area contributed by atoms with Crippen molar-refractivity contribution in [1.29, 1.82) is 0 Å². The second-order valence-corrected chi connectivity index (χ2v) is 24.6. The molecule has 4 rings (SSSR count). The summed E-state index contributed by atoms with van der Waals surface area (Å²) < 4.78 is 25.9. The average molecular weight is 612 g/mol. The zero-order valence-electron chi connectivity index (χ0n) is 27.5. The van der Waals surface area contributed by atoms with E-state index in [1.54, 1.807) is 0 Å². The van der Waals surface area contributed by atoms with E-state index in [1.165, 1.54) is 22.3 Å². The molecule has 42 heavy (non-hydrogen) atoms. The van der Waals surface area contributed by atoms with Crippen LogP contribution in [0.15, 0.2) is 48.5 Å². The molecule has 0 spiro atoms. The van der Waals surface area contributed by atoms with Crippen LogP contribution in [0.4, 0.5) is 4.79 Å². The van der Waals surface area contributed by atoms with E-state index in [-0.39, 0.29) is 34.3 Å². The Morgan fingerprint density at radius 2 is 1.38 bits per heavy atom. The standard InChI is InChI=1S/C34H53NO5Si2/c1-33(2,3)41(7,8)38-23-31-30(40-42(9,10)34(4,5)6)20-19-24(39-31)21-35-32(36)37-22-29-27-17-13-11-15-25(27)26-16-12-14-18-28(26)29/h11-18,24,29-31H,19-23H2,1-10H3,(H,35,36)/t24?,30-,31+/m0/s1. The van der Waals surface area contributed by atoms with Crippen molar-refractivity contribution in [1.82, 2.24) is 5.32 Å². The number of fused-ring (bicyclic) bond motifs is 3. The quantitative estimate of drug-likeness (QED) is 0.288. The number of ether oxygens (including phenoxy) is 2. The monoisotopic (exact) mass is 611 g/mol. The molecule has 0 bridgehead atoms. The summed E-state index contributed by atoms with van der Waals surface area (Å²) in [5.74, 6) is 0.0409. The van der Waals surface area contributed by atoms with Gasteiger partial charge >= 0.3 is 6.09 Å². The fourth-order valence-corrected chi connectivity index (χ4v) is 7.67. The lowest BCUT2D eigenvalue weighted by Crippen LogP contribution is -2.54. The van der Waals surface area contributed by atoms with Crippen molar-refractivity contribution in [3.8, 4) is 11.1 Å². The number of benzene rings is 2. The number of alkyl carbamates (subject to hydrolysis) is 1. The van der Waals surface area contributed by atoms with Crippen molar-refractivity contribution >= 4 is 22.7 Å². The molecule has 1 aliphatic carbocycles. The summed E-state index contributed by atoms with van der Waals surface area (Å²) in [5.41, 5.74) is 4.86. The Morgan fingerprint density at radius 1 is 0.833 bits per heavy atom. The second-order valence-electron chi connectivity index (χ2n) is 15.1. The van der Waals surface area contributed by atoms with Gasteiger partial charge in [-0.3, -0.25) is 0 Å². The lowest BCUT2D eigenvalue weighted by atomic mass is 9.98. The molecule has 1 heterocycles. The number of rotatable bonds is 9. The Labute approximate surface area is 256 Å². The van der Waals surface area contributed by atoms with E-state index in [1.807, 2.05) is 12.1 Å². The lowest BCUT2D eigenvalue weighted by Gasteiger charge is -2.45. The molecular weight excluding hydrogens is 559 g/mol. The maximum absolute atomic E-state index is 12.9. The van der Waals surface area contributed by atoms with Crippen LogP contribution in [0.25, 0.3) is 11.1 Å². The fraction of sp³-hybridized carbons (Fsp3) is 0.618. The number of amides is 1. The molecule has 232 valence electrons. The van der Waals surface area contributed by atoms with E-state index >= 15 is 0 Å². The Balaban J connectivity index is 1.35. The first kappa shape index (κ1) is 32.9. The highest BCUT2D eigenvalue weighted by atomic mass is 28.4. The van der Waals surface area contributed by atoms with Crippen molar-refractivity contribution in [3.63, 3.8) is 0 Å². The van der Waals surface area contributed by atoms with E-state index < -0.39 is 22.7 Å². The Bertz CT molecular complexity index is 1190. The van der Waals surface area contributed by atoms with Crippen molar-refractivity contribution in [3.05, 3.63) is 59.7 Å². The van der Waals surface area contributed by atoms with Crippen molar-refractivity contribution in [2.24, 2.45) is 0 Å². The highest BCUT2D eigenvalue weighted by molar-refractivity contribution is 6.74. The molecular formula is C34H53NO5Si2. The lowest BCUT2D eigenvalue weighted by molar-refractivity contribution is -0.125. The van der Waals surface area contributed by atoms with Gasteiger partial charge in [0, 0.05) is 12.5 Å². The van der Waals surface area contributed by atoms with Crippen LogP contribution in [0.3, 0.4) is 0 Å². The first-order valence-electron chi connectivity index (χ1n) is 15.6. The third-order valence-electron chi connectivity index (χ3n) is 10.0. The zero-order valence-corrected chi connectivity index (χ0v) is 29.5. The molecule has 2 aromatic rings.